The summed E-state index contributed by atoms with van der Waals surface area (Å²) in [5.41, 5.74) is 1.85. The van der Waals surface area contributed by atoms with Crippen LogP contribution in [0.15, 0.2) is 54.2 Å². The monoisotopic (exact) mass is 333 g/mol. The zero-order chi connectivity index (χ0) is 18.5. The van der Waals surface area contributed by atoms with Gasteiger partial charge in [-0.2, -0.15) is 0 Å². The largest absolute Gasteiger partial charge is 0.385 e. The van der Waals surface area contributed by atoms with Gasteiger partial charge in [-0.1, -0.05) is 61.7 Å². The van der Waals surface area contributed by atoms with Crippen LogP contribution in [0.2, 0.25) is 19.6 Å². The highest BCUT2D eigenvalue weighted by molar-refractivity contribution is 6.81. The third-order valence-electron chi connectivity index (χ3n) is 3.15. The van der Waals surface area contributed by atoms with Crippen molar-refractivity contribution < 1.29 is 11.2 Å². The van der Waals surface area contributed by atoms with E-state index in [1.54, 1.807) is 6.08 Å². The molecule has 1 rings (SSSR count). The van der Waals surface area contributed by atoms with Crippen LogP contribution in [0.1, 0.15) is 40.2 Å². The number of allylic oxidation sites excluding steroid dienone is 1. The van der Waals surface area contributed by atoms with Crippen LogP contribution < -0.4 is 0 Å². The first kappa shape index (κ1) is 18.2. The van der Waals surface area contributed by atoms with E-state index >= 15 is 0 Å². The molecule has 2 atom stereocenters. The van der Waals surface area contributed by atoms with Crippen molar-refractivity contribution in [3.63, 3.8) is 0 Å². The Bertz CT molecular complexity index is 568. The molecule has 1 aromatic carbocycles. The van der Waals surface area contributed by atoms with Gasteiger partial charge in [-0.3, -0.25) is 0 Å². The van der Waals surface area contributed by atoms with Crippen molar-refractivity contribution in [2.24, 2.45) is 0 Å². The van der Waals surface area contributed by atoms with E-state index < -0.39 is 25.9 Å². The fraction of sp³-hybridized carbons (Fsp3) is 0.500. The minimum atomic E-state index is -1.84. The van der Waals surface area contributed by atoms with Gasteiger partial charge >= 0.3 is 0 Å². The summed E-state index contributed by atoms with van der Waals surface area (Å²) in [5, 5.41) is 11.0. The molecule has 2 nitrogen and oxygen atoms in total. The predicted octanol–water partition coefficient (Wildman–Crippen LogP) is 5.28. The fourth-order valence-electron chi connectivity index (χ4n) is 2.41. The zero-order valence-electron chi connectivity index (χ0n) is 16.4. The summed E-state index contributed by atoms with van der Waals surface area (Å²) in [4.78, 5) is 0. The van der Waals surface area contributed by atoms with Gasteiger partial charge in [0.15, 0.2) is 0 Å². The molecule has 0 spiro atoms. The van der Waals surface area contributed by atoms with Crippen molar-refractivity contribution in [2.75, 3.05) is 0 Å². The van der Waals surface area contributed by atoms with Crippen molar-refractivity contribution in [1.82, 2.24) is 0 Å². The minimum absolute atomic E-state index is 0.424. The fourth-order valence-corrected chi connectivity index (χ4v) is 3.62. The Kier molecular flexibility index (Phi) is 6.39. The molecule has 1 aromatic rings. The van der Waals surface area contributed by atoms with Gasteiger partial charge in [0.25, 0.3) is 0 Å². The van der Waals surface area contributed by atoms with Crippen LogP contribution in [0.4, 0.5) is 0 Å². The summed E-state index contributed by atoms with van der Waals surface area (Å²) in [6, 6.07) is 9.53. The smallest absolute Gasteiger partial charge is 0.109 e. The van der Waals surface area contributed by atoms with Gasteiger partial charge in [0.2, 0.25) is 0 Å². The van der Waals surface area contributed by atoms with E-state index in [0.717, 1.165) is 11.1 Å². The lowest BCUT2D eigenvalue weighted by molar-refractivity contribution is -0.0951. The average molecular weight is 334 g/mol. The second-order valence-corrected chi connectivity index (χ2v) is 12.6. The first-order valence-electron chi connectivity index (χ1n) is 8.69. The summed E-state index contributed by atoms with van der Waals surface area (Å²) in [7, 11) is -1.84. The van der Waals surface area contributed by atoms with Gasteiger partial charge in [0.1, 0.15) is 12.2 Å². The van der Waals surface area contributed by atoms with Gasteiger partial charge in [0.05, 0.1) is 15.0 Å². The van der Waals surface area contributed by atoms with Gasteiger partial charge in [-0.05, 0) is 38.3 Å². The normalized spacial score (nSPS) is 17.1. The van der Waals surface area contributed by atoms with Crippen LogP contribution in [0.25, 0.3) is 0 Å². The second kappa shape index (κ2) is 8.09. The Morgan fingerprint density at radius 1 is 1.30 bits per heavy atom. The van der Waals surface area contributed by atoms with Gasteiger partial charge in [-0.15, -0.1) is 6.58 Å². The summed E-state index contributed by atoms with van der Waals surface area (Å²) in [5.74, 6) is 0. The summed E-state index contributed by atoms with van der Waals surface area (Å²) in [6.45, 7) is 16.2. The molecule has 0 amide bonds. The molecule has 0 radical (unpaired) electrons. The third-order valence-corrected chi connectivity index (χ3v) is 4.22. The molecule has 0 fully saturated rings. The standard InChI is InChI=1S/C20H32O2Si/c1-8-12-17(15-23(5,6)7)19(22-20(2,3)4)18(21)16-13-10-9-11-14-16/h8-11,13-15,18-19,21H,1,12H2,2-7H3/b17-15+/i15D. The van der Waals surface area contributed by atoms with Crippen LogP contribution in [0.5, 0.6) is 0 Å². The van der Waals surface area contributed by atoms with Crippen LogP contribution in [0.3, 0.4) is 0 Å². The molecule has 0 aliphatic carbocycles. The minimum Gasteiger partial charge on any atom is -0.385 e. The second-order valence-electron chi connectivity index (χ2n) is 7.90. The molecule has 3 heteroatoms. The van der Waals surface area contributed by atoms with Crippen molar-refractivity contribution >= 4 is 8.07 Å². The van der Waals surface area contributed by atoms with Crippen LogP contribution in [0, 0.1) is 0 Å². The maximum Gasteiger partial charge on any atom is 0.109 e. The summed E-state index contributed by atoms with van der Waals surface area (Å²) in [6.07, 6.45) is 0.982. The molecule has 0 heterocycles. The van der Waals surface area contributed by atoms with Crippen LogP contribution >= 0.6 is 0 Å². The van der Waals surface area contributed by atoms with Gasteiger partial charge in [0, 0.05) is 0 Å². The molecule has 0 aromatic heterocycles. The predicted molar refractivity (Wildman–Crippen MR) is 102 cm³/mol. The first-order valence-corrected chi connectivity index (χ1v) is 11.7. The van der Waals surface area contributed by atoms with Crippen LogP contribution in [-0.4, -0.2) is 24.9 Å². The lowest BCUT2D eigenvalue weighted by Gasteiger charge is -2.33. The number of benzene rings is 1. The van der Waals surface area contributed by atoms with Crippen molar-refractivity contribution in [3.8, 4) is 0 Å². The number of hydrogen-bond acceptors (Lipinski definition) is 2. The van der Waals surface area contributed by atoms with Gasteiger partial charge < -0.3 is 9.84 Å². The molecule has 0 saturated heterocycles. The first-order chi connectivity index (χ1) is 11.0. The molecule has 23 heavy (non-hydrogen) atoms. The number of aliphatic hydroxyl groups excluding tert-OH is 1. The average Bonchev–Trinajstić information content (AvgIpc) is 2.48. The van der Waals surface area contributed by atoms with Crippen molar-refractivity contribution in [1.29, 1.82) is 0 Å². The van der Waals surface area contributed by atoms with Crippen molar-refractivity contribution in [3.05, 3.63) is 59.8 Å². The zero-order valence-corrected chi connectivity index (χ0v) is 16.4. The van der Waals surface area contributed by atoms with E-state index in [4.69, 9.17) is 6.11 Å². The highest BCUT2D eigenvalue weighted by Gasteiger charge is 2.30. The Hall–Kier alpha value is -1.16. The van der Waals surface area contributed by atoms with Crippen molar-refractivity contribution in [2.45, 2.75) is 64.6 Å². The van der Waals surface area contributed by atoms with E-state index in [1.807, 2.05) is 51.1 Å². The number of ether oxygens (including phenoxy) is 1. The van der Waals surface area contributed by atoms with E-state index in [1.165, 1.54) is 0 Å². The maximum absolute atomic E-state index is 11.0. The highest BCUT2D eigenvalue weighted by Crippen LogP contribution is 2.31. The Morgan fingerprint density at radius 3 is 2.30 bits per heavy atom. The Balaban J connectivity index is 3.41. The molecular weight excluding hydrogens is 300 g/mol. The number of rotatable bonds is 7. The van der Waals surface area contributed by atoms with E-state index in [0.29, 0.717) is 12.1 Å². The number of aliphatic hydroxyl groups is 1. The summed E-state index contributed by atoms with van der Waals surface area (Å²) < 4.78 is 14.9. The maximum atomic E-state index is 11.0. The van der Waals surface area contributed by atoms with E-state index in [9.17, 15) is 5.11 Å². The number of hydrogen-bond donors (Lipinski definition) is 1. The highest BCUT2D eigenvalue weighted by atomic mass is 28.3. The molecule has 0 bridgehead atoms. The topological polar surface area (TPSA) is 29.5 Å². The molecule has 2 unspecified atom stereocenters. The molecule has 0 aliphatic rings. The lowest BCUT2D eigenvalue weighted by atomic mass is 9.96. The quantitative estimate of drug-likeness (QED) is 0.543. The van der Waals surface area contributed by atoms with E-state index in [2.05, 4.69) is 26.2 Å². The van der Waals surface area contributed by atoms with Crippen LogP contribution in [-0.2, 0) is 4.74 Å². The van der Waals surface area contributed by atoms with Gasteiger partial charge in [-0.25, -0.2) is 0 Å². The third kappa shape index (κ3) is 7.29. The molecule has 128 valence electrons. The summed E-state index contributed by atoms with van der Waals surface area (Å²) >= 11 is 0. The molecule has 0 aliphatic heterocycles. The Morgan fingerprint density at radius 2 is 1.87 bits per heavy atom. The Labute approximate surface area is 144 Å². The molecule has 1 N–H and O–H groups in total. The van der Waals surface area contributed by atoms with E-state index in [-0.39, 0.29) is 0 Å². The molecular formula is C20H32O2Si. The SMILES string of the molecule is [2H]/C(=C(/CC=C)C(OC(C)(C)C)C(O)c1ccccc1)[Si](C)(C)C. The molecule has 0 saturated carbocycles. The lowest BCUT2D eigenvalue weighted by Crippen LogP contribution is -2.34.